The quantitative estimate of drug-likeness (QED) is 0.751. The van der Waals surface area contributed by atoms with E-state index in [-0.39, 0.29) is 11.4 Å². The summed E-state index contributed by atoms with van der Waals surface area (Å²) in [6.45, 7) is 14.7. The molecule has 0 aliphatic carbocycles. The number of carbonyl (C=O) groups excluding carboxylic acids is 1. The van der Waals surface area contributed by atoms with E-state index in [1.165, 1.54) is 25.9 Å². The van der Waals surface area contributed by atoms with E-state index in [9.17, 15) is 4.79 Å². The highest BCUT2D eigenvalue weighted by Crippen LogP contribution is 2.17. The first-order valence-corrected chi connectivity index (χ1v) is 8.05. The van der Waals surface area contributed by atoms with Gasteiger partial charge in [-0.3, -0.25) is 9.69 Å². The fraction of sp³-hybridized carbons (Fsp3) is 0.938. The predicted octanol–water partition coefficient (Wildman–Crippen LogP) is 2.00. The van der Waals surface area contributed by atoms with E-state index in [0.717, 1.165) is 13.1 Å². The Morgan fingerprint density at radius 3 is 2.30 bits per heavy atom. The third-order valence-electron chi connectivity index (χ3n) is 3.89. The Kier molecular flexibility index (Phi) is 6.96. The Balaban J connectivity index is 2.26. The summed E-state index contributed by atoms with van der Waals surface area (Å²) < 4.78 is 0. The molecule has 20 heavy (non-hydrogen) atoms. The second-order valence-electron chi connectivity index (χ2n) is 7.29. The lowest BCUT2D eigenvalue weighted by Crippen LogP contribution is -2.46. The highest BCUT2D eigenvalue weighted by molar-refractivity contribution is 5.76. The van der Waals surface area contributed by atoms with Crippen LogP contribution in [0.5, 0.6) is 0 Å². The van der Waals surface area contributed by atoms with Crippen molar-refractivity contribution in [3.8, 4) is 0 Å². The summed E-state index contributed by atoms with van der Waals surface area (Å²) in [5.74, 6) is 0.743. The normalized spacial score (nSPS) is 18.5. The maximum absolute atomic E-state index is 11.9. The molecule has 1 amide bonds. The van der Waals surface area contributed by atoms with E-state index in [1.54, 1.807) is 0 Å². The predicted molar refractivity (Wildman–Crippen MR) is 84.8 cm³/mol. The van der Waals surface area contributed by atoms with Crippen LogP contribution in [0.4, 0.5) is 0 Å². The van der Waals surface area contributed by atoms with Gasteiger partial charge >= 0.3 is 0 Å². The van der Waals surface area contributed by atoms with Gasteiger partial charge in [0.05, 0.1) is 0 Å². The van der Waals surface area contributed by atoms with Crippen LogP contribution in [0.1, 0.15) is 53.9 Å². The summed E-state index contributed by atoms with van der Waals surface area (Å²) in [7, 11) is 0. The first kappa shape index (κ1) is 17.4. The molecular weight excluding hydrogens is 250 g/mol. The smallest absolute Gasteiger partial charge is 0.221 e. The highest BCUT2D eigenvalue weighted by atomic mass is 16.1. The number of hydrogen-bond donors (Lipinski definition) is 2. The number of carbonyl (C=O) groups is 1. The zero-order valence-corrected chi connectivity index (χ0v) is 14.0. The zero-order valence-electron chi connectivity index (χ0n) is 14.0. The number of likely N-dealkylation sites (tertiary alicyclic amines) is 1. The number of nitrogens with one attached hydrogen (secondary N) is 2. The maximum Gasteiger partial charge on any atom is 0.221 e. The van der Waals surface area contributed by atoms with Crippen molar-refractivity contribution in [3.63, 3.8) is 0 Å². The molecular formula is C16H33N3O. The summed E-state index contributed by atoms with van der Waals surface area (Å²) >= 11 is 0. The second kappa shape index (κ2) is 7.99. The molecule has 2 N–H and O–H groups in total. The van der Waals surface area contributed by atoms with Crippen LogP contribution in [-0.2, 0) is 4.79 Å². The van der Waals surface area contributed by atoms with Crippen LogP contribution in [-0.4, -0.2) is 48.6 Å². The van der Waals surface area contributed by atoms with E-state index in [1.807, 2.05) is 0 Å². The van der Waals surface area contributed by atoms with Gasteiger partial charge in [-0.1, -0.05) is 13.8 Å². The van der Waals surface area contributed by atoms with Crippen molar-refractivity contribution in [1.29, 1.82) is 0 Å². The average Bonchev–Trinajstić information content (AvgIpc) is 2.80. The number of nitrogens with zero attached hydrogens (tertiary/aromatic N) is 1. The van der Waals surface area contributed by atoms with Gasteiger partial charge in [0.2, 0.25) is 5.91 Å². The molecule has 0 spiro atoms. The topological polar surface area (TPSA) is 44.4 Å². The standard InChI is InChI=1S/C16H33N3O/c1-13(2)14(19-10-6-7-11-19)12-17-15(20)8-9-18-16(3,4)5/h13-14,18H,6-12H2,1-5H3,(H,17,20). The van der Waals surface area contributed by atoms with Crippen molar-refractivity contribution in [2.75, 3.05) is 26.2 Å². The van der Waals surface area contributed by atoms with Gasteiger partial charge in [-0.25, -0.2) is 0 Å². The van der Waals surface area contributed by atoms with Gasteiger partial charge in [-0.05, 0) is 52.6 Å². The molecule has 0 bridgehead atoms. The summed E-state index contributed by atoms with van der Waals surface area (Å²) in [6.07, 6.45) is 3.15. The fourth-order valence-electron chi connectivity index (χ4n) is 2.72. The molecule has 1 aliphatic heterocycles. The van der Waals surface area contributed by atoms with Crippen molar-refractivity contribution in [2.45, 2.75) is 65.5 Å². The SMILES string of the molecule is CC(C)C(CNC(=O)CCNC(C)(C)C)N1CCCC1. The molecule has 1 saturated heterocycles. The summed E-state index contributed by atoms with van der Waals surface area (Å²) in [4.78, 5) is 14.4. The monoisotopic (exact) mass is 283 g/mol. The molecule has 1 unspecified atom stereocenters. The number of hydrogen-bond acceptors (Lipinski definition) is 3. The van der Waals surface area contributed by atoms with Crippen LogP contribution in [0.15, 0.2) is 0 Å². The van der Waals surface area contributed by atoms with Gasteiger partial charge in [0.1, 0.15) is 0 Å². The van der Waals surface area contributed by atoms with Crippen LogP contribution in [0, 0.1) is 5.92 Å². The van der Waals surface area contributed by atoms with Gasteiger partial charge in [0.25, 0.3) is 0 Å². The number of amides is 1. The Morgan fingerprint density at radius 1 is 1.20 bits per heavy atom. The third-order valence-corrected chi connectivity index (χ3v) is 3.89. The Labute approximate surface area is 124 Å². The average molecular weight is 283 g/mol. The largest absolute Gasteiger partial charge is 0.354 e. The minimum Gasteiger partial charge on any atom is -0.354 e. The lowest BCUT2D eigenvalue weighted by atomic mass is 10.0. The Bertz CT molecular complexity index is 291. The Hall–Kier alpha value is -0.610. The summed E-state index contributed by atoms with van der Waals surface area (Å²) in [5, 5.41) is 6.45. The molecule has 118 valence electrons. The Morgan fingerprint density at radius 2 is 1.80 bits per heavy atom. The van der Waals surface area contributed by atoms with E-state index in [2.05, 4.69) is 50.2 Å². The lowest BCUT2D eigenvalue weighted by molar-refractivity contribution is -0.121. The molecule has 1 aliphatic rings. The van der Waals surface area contributed by atoms with Gasteiger partial charge < -0.3 is 10.6 Å². The van der Waals surface area contributed by atoms with Crippen LogP contribution >= 0.6 is 0 Å². The van der Waals surface area contributed by atoms with E-state index >= 15 is 0 Å². The lowest BCUT2D eigenvalue weighted by Gasteiger charge is -2.31. The highest BCUT2D eigenvalue weighted by Gasteiger charge is 2.24. The fourth-order valence-corrected chi connectivity index (χ4v) is 2.72. The molecule has 0 saturated carbocycles. The van der Waals surface area contributed by atoms with Crippen LogP contribution in [0.3, 0.4) is 0 Å². The molecule has 1 heterocycles. The molecule has 4 nitrogen and oxygen atoms in total. The number of rotatable bonds is 7. The minimum absolute atomic E-state index is 0.0797. The van der Waals surface area contributed by atoms with E-state index < -0.39 is 0 Å². The first-order chi connectivity index (χ1) is 9.29. The van der Waals surface area contributed by atoms with E-state index in [4.69, 9.17) is 0 Å². The summed E-state index contributed by atoms with van der Waals surface area (Å²) in [6, 6.07) is 0.483. The molecule has 0 aromatic carbocycles. The molecule has 1 rings (SSSR count). The minimum atomic E-state index is 0.0797. The van der Waals surface area contributed by atoms with Gasteiger partial charge in [-0.15, -0.1) is 0 Å². The molecule has 4 heteroatoms. The second-order valence-corrected chi connectivity index (χ2v) is 7.29. The van der Waals surface area contributed by atoms with Crippen LogP contribution in [0.2, 0.25) is 0 Å². The van der Waals surface area contributed by atoms with Gasteiger partial charge in [0.15, 0.2) is 0 Å². The van der Waals surface area contributed by atoms with Crippen molar-refractivity contribution in [2.24, 2.45) is 5.92 Å². The van der Waals surface area contributed by atoms with Gasteiger partial charge in [0, 0.05) is 31.1 Å². The van der Waals surface area contributed by atoms with Crippen LogP contribution in [0.25, 0.3) is 0 Å². The van der Waals surface area contributed by atoms with Crippen LogP contribution < -0.4 is 10.6 Å². The molecule has 1 fully saturated rings. The van der Waals surface area contributed by atoms with Crippen molar-refractivity contribution in [3.05, 3.63) is 0 Å². The van der Waals surface area contributed by atoms with Crippen molar-refractivity contribution >= 4 is 5.91 Å². The molecule has 0 aromatic heterocycles. The molecule has 0 radical (unpaired) electrons. The maximum atomic E-state index is 11.9. The zero-order chi connectivity index (χ0) is 15.2. The van der Waals surface area contributed by atoms with E-state index in [0.29, 0.717) is 18.4 Å². The summed E-state index contributed by atoms with van der Waals surface area (Å²) in [5.41, 5.74) is 0.0797. The van der Waals surface area contributed by atoms with Gasteiger partial charge in [-0.2, -0.15) is 0 Å². The van der Waals surface area contributed by atoms with Crippen molar-refractivity contribution < 1.29 is 4.79 Å². The third kappa shape index (κ3) is 6.71. The molecule has 1 atom stereocenters. The first-order valence-electron chi connectivity index (χ1n) is 8.05. The van der Waals surface area contributed by atoms with Crippen molar-refractivity contribution in [1.82, 2.24) is 15.5 Å². The molecule has 0 aromatic rings.